The Balaban J connectivity index is 1.83. The van der Waals surface area contributed by atoms with E-state index in [4.69, 9.17) is 4.42 Å². The largest absolute Gasteiger partial charge is 0.455 e. The molecular formula is C17H18OS2. The van der Waals surface area contributed by atoms with E-state index >= 15 is 0 Å². The molecular weight excluding hydrogens is 284 g/mol. The number of benzene rings is 1. The predicted octanol–water partition coefficient (Wildman–Crippen LogP) is 6.18. The highest BCUT2D eigenvalue weighted by Gasteiger charge is 2.09. The molecule has 0 saturated heterocycles. The highest BCUT2D eigenvalue weighted by Crippen LogP contribution is 2.34. The molecule has 0 N–H and O–H groups in total. The molecule has 3 aromatic rings. The Morgan fingerprint density at radius 3 is 2.85 bits per heavy atom. The van der Waals surface area contributed by atoms with Gasteiger partial charge in [-0.1, -0.05) is 19.8 Å². The van der Waals surface area contributed by atoms with Gasteiger partial charge in [-0.05, 0) is 49.2 Å². The van der Waals surface area contributed by atoms with Gasteiger partial charge in [-0.2, -0.15) is 0 Å². The topological polar surface area (TPSA) is 13.1 Å². The van der Waals surface area contributed by atoms with Gasteiger partial charge in [0.2, 0.25) is 0 Å². The van der Waals surface area contributed by atoms with Crippen molar-refractivity contribution in [1.29, 1.82) is 0 Å². The monoisotopic (exact) mass is 302 g/mol. The molecule has 3 heteroatoms. The van der Waals surface area contributed by atoms with Gasteiger partial charge in [0.15, 0.2) is 0 Å². The van der Waals surface area contributed by atoms with Crippen molar-refractivity contribution in [3.8, 4) is 10.6 Å². The number of hydrogen-bond acceptors (Lipinski definition) is 3. The summed E-state index contributed by atoms with van der Waals surface area (Å²) in [6, 6.07) is 12.5. The lowest BCUT2D eigenvalue weighted by molar-refractivity contribution is 0.632. The fourth-order valence-corrected chi connectivity index (χ4v) is 3.53. The van der Waals surface area contributed by atoms with Crippen LogP contribution in [0.4, 0.5) is 0 Å². The van der Waals surface area contributed by atoms with Crippen LogP contribution in [-0.2, 0) is 6.42 Å². The van der Waals surface area contributed by atoms with Crippen LogP contribution in [0.1, 0.15) is 31.1 Å². The van der Waals surface area contributed by atoms with Crippen molar-refractivity contribution in [1.82, 2.24) is 0 Å². The maximum atomic E-state index is 5.94. The van der Waals surface area contributed by atoms with Gasteiger partial charge in [0.25, 0.3) is 0 Å². The number of aryl methyl sites for hydroxylation is 1. The highest BCUT2D eigenvalue weighted by atomic mass is 32.1. The number of rotatable bonds is 5. The quantitative estimate of drug-likeness (QED) is 0.438. The molecule has 0 aliphatic heterocycles. The summed E-state index contributed by atoms with van der Waals surface area (Å²) in [5.74, 6) is 0.964. The molecule has 0 bridgehead atoms. The molecule has 0 aliphatic rings. The summed E-state index contributed by atoms with van der Waals surface area (Å²) in [5, 5.41) is 1.14. The molecule has 2 aromatic heterocycles. The zero-order valence-corrected chi connectivity index (χ0v) is 13.3. The summed E-state index contributed by atoms with van der Waals surface area (Å²) < 4.78 is 5.94. The maximum Gasteiger partial charge on any atom is 0.145 e. The van der Waals surface area contributed by atoms with E-state index in [2.05, 4.69) is 43.8 Å². The lowest BCUT2D eigenvalue weighted by Gasteiger charge is -1.94. The minimum Gasteiger partial charge on any atom is -0.455 e. The molecule has 0 aliphatic carbocycles. The van der Waals surface area contributed by atoms with Crippen LogP contribution in [0.3, 0.4) is 0 Å². The average molecular weight is 302 g/mol. The van der Waals surface area contributed by atoms with Crippen LogP contribution < -0.4 is 0 Å². The van der Waals surface area contributed by atoms with E-state index in [1.807, 2.05) is 23.5 Å². The normalized spacial score (nSPS) is 11.3. The lowest BCUT2D eigenvalue weighted by Crippen LogP contribution is -1.78. The van der Waals surface area contributed by atoms with Gasteiger partial charge in [0.1, 0.15) is 11.3 Å². The Hall–Kier alpha value is -1.19. The van der Waals surface area contributed by atoms with Gasteiger partial charge in [-0.25, -0.2) is 0 Å². The second-order valence-corrected chi connectivity index (χ2v) is 6.74. The smallest absolute Gasteiger partial charge is 0.145 e. The Morgan fingerprint density at radius 2 is 2.00 bits per heavy atom. The van der Waals surface area contributed by atoms with Crippen molar-refractivity contribution >= 4 is 34.9 Å². The minimum atomic E-state index is 0.911. The van der Waals surface area contributed by atoms with Gasteiger partial charge in [0, 0.05) is 15.2 Å². The summed E-state index contributed by atoms with van der Waals surface area (Å²) in [5.41, 5.74) is 0.911. The molecule has 1 nitrogen and oxygen atoms in total. The molecule has 0 fully saturated rings. The first kappa shape index (κ1) is 13.8. The third-order valence-electron chi connectivity index (χ3n) is 3.43. The first-order valence-electron chi connectivity index (χ1n) is 7.08. The van der Waals surface area contributed by atoms with Gasteiger partial charge in [-0.3, -0.25) is 0 Å². The molecule has 1 aromatic carbocycles. The van der Waals surface area contributed by atoms with E-state index in [0.29, 0.717) is 0 Å². The number of thiophene rings is 1. The third-order valence-corrected chi connectivity index (χ3v) is 4.87. The molecule has 104 valence electrons. The van der Waals surface area contributed by atoms with Gasteiger partial charge < -0.3 is 4.42 Å². The van der Waals surface area contributed by atoms with E-state index < -0.39 is 0 Å². The standard InChI is InChI=1S/C17H18OS2/c1-2-3-4-5-14-8-9-17(20-14)16-10-12-6-7-13(19)11-15(12)18-16/h6-11,19H,2-5H2,1H3. The van der Waals surface area contributed by atoms with Crippen molar-refractivity contribution in [3.63, 3.8) is 0 Å². The summed E-state index contributed by atoms with van der Waals surface area (Å²) in [6.45, 7) is 2.24. The molecule has 3 rings (SSSR count). The van der Waals surface area contributed by atoms with Gasteiger partial charge >= 0.3 is 0 Å². The number of unbranched alkanes of at least 4 members (excludes halogenated alkanes) is 2. The van der Waals surface area contributed by atoms with Crippen LogP contribution in [-0.4, -0.2) is 0 Å². The number of hydrogen-bond donors (Lipinski definition) is 1. The van der Waals surface area contributed by atoms with E-state index in [1.54, 1.807) is 0 Å². The van der Waals surface area contributed by atoms with Gasteiger partial charge in [0.05, 0.1) is 4.88 Å². The molecule has 0 amide bonds. The number of thiol groups is 1. The highest BCUT2D eigenvalue weighted by molar-refractivity contribution is 7.80. The molecule has 2 heterocycles. The second-order valence-electron chi connectivity index (χ2n) is 5.06. The van der Waals surface area contributed by atoms with Crippen LogP contribution in [0.2, 0.25) is 0 Å². The van der Waals surface area contributed by atoms with Crippen molar-refractivity contribution in [2.45, 2.75) is 37.5 Å². The SMILES string of the molecule is CCCCCc1ccc(-c2cc3ccc(S)cc3o2)s1. The molecule has 20 heavy (non-hydrogen) atoms. The fourth-order valence-electron chi connectivity index (χ4n) is 2.34. The minimum absolute atomic E-state index is 0.911. The first-order valence-corrected chi connectivity index (χ1v) is 8.34. The van der Waals surface area contributed by atoms with Crippen LogP contribution in [0, 0.1) is 0 Å². The van der Waals surface area contributed by atoms with Crippen LogP contribution in [0.25, 0.3) is 21.6 Å². The zero-order chi connectivity index (χ0) is 13.9. The Morgan fingerprint density at radius 1 is 1.10 bits per heavy atom. The molecule has 0 atom stereocenters. The number of furan rings is 1. The number of fused-ring (bicyclic) bond motifs is 1. The van der Waals surface area contributed by atoms with Crippen LogP contribution in [0.5, 0.6) is 0 Å². The summed E-state index contributed by atoms with van der Waals surface area (Å²) in [4.78, 5) is 3.60. The Kier molecular flexibility index (Phi) is 4.18. The zero-order valence-electron chi connectivity index (χ0n) is 11.6. The summed E-state index contributed by atoms with van der Waals surface area (Å²) >= 11 is 6.19. The van der Waals surface area contributed by atoms with E-state index in [0.717, 1.165) is 21.6 Å². The molecule has 0 spiro atoms. The Bertz CT molecular complexity index is 709. The van der Waals surface area contributed by atoms with Crippen LogP contribution in [0.15, 0.2) is 45.7 Å². The fraction of sp³-hybridized carbons (Fsp3) is 0.294. The maximum absolute atomic E-state index is 5.94. The van der Waals surface area contributed by atoms with Crippen LogP contribution >= 0.6 is 24.0 Å². The first-order chi connectivity index (χ1) is 9.76. The van der Waals surface area contributed by atoms with Crippen molar-refractivity contribution in [2.75, 3.05) is 0 Å². The van der Waals surface area contributed by atoms with E-state index in [1.165, 1.54) is 35.4 Å². The van der Waals surface area contributed by atoms with Gasteiger partial charge in [-0.15, -0.1) is 24.0 Å². The molecule has 0 radical (unpaired) electrons. The van der Waals surface area contributed by atoms with Crippen molar-refractivity contribution < 1.29 is 4.42 Å². The van der Waals surface area contributed by atoms with E-state index in [9.17, 15) is 0 Å². The lowest BCUT2D eigenvalue weighted by atomic mass is 10.2. The molecule has 0 saturated carbocycles. The summed E-state index contributed by atoms with van der Waals surface area (Å²) in [7, 11) is 0. The van der Waals surface area contributed by atoms with E-state index in [-0.39, 0.29) is 0 Å². The van der Waals surface area contributed by atoms with Crippen molar-refractivity contribution in [3.05, 3.63) is 41.3 Å². The molecule has 0 unspecified atom stereocenters. The predicted molar refractivity (Wildman–Crippen MR) is 90.0 cm³/mol. The summed E-state index contributed by atoms with van der Waals surface area (Å²) in [6.07, 6.45) is 5.04. The Labute approximate surface area is 129 Å². The third kappa shape index (κ3) is 2.94. The van der Waals surface area contributed by atoms with Crippen molar-refractivity contribution in [2.24, 2.45) is 0 Å². The average Bonchev–Trinajstić information content (AvgIpc) is 3.04. The second kappa shape index (κ2) is 6.06.